The normalized spacial score (nSPS) is 15.9. The monoisotopic (exact) mass is 474 g/mol. The smallest absolute Gasteiger partial charge is 0.306 e. The van der Waals surface area contributed by atoms with Gasteiger partial charge in [-0.3, -0.25) is 14.4 Å². The number of ketones is 1. The first-order chi connectivity index (χ1) is 16.9. The largest absolute Gasteiger partial charge is 0.457 e. The number of carbonyl (C=O) groups is 3. The topological polar surface area (TPSA) is 95.9 Å². The van der Waals surface area contributed by atoms with E-state index in [4.69, 9.17) is 14.2 Å². The van der Waals surface area contributed by atoms with Gasteiger partial charge in [0, 0.05) is 41.5 Å². The molecule has 8 nitrogen and oxygen atoms in total. The van der Waals surface area contributed by atoms with Crippen LogP contribution in [0.2, 0.25) is 0 Å². The van der Waals surface area contributed by atoms with E-state index < -0.39 is 5.97 Å². The van der Waals surface area contributed by atoms with Gasteiger partial charge in [0.15, 0.2) is 18.1 Å². The molecule has 5 rings (SSSR count). The first kappa shape index (κ1) is 22.7. The predicted molar refractivity (Wildman–Crippen MR) is 128 cm³/mol. The number of anilines is 1. The summed E-state index contributed by atoms with van der Waals surface area (Å²) in [5, 5.41) is 2.82. The summed E-state index contributed by atoms with van der Waals surface area (Å²) in [6.07, 6.45) is 0.252. The molecule has 0 fully saturated rings. The molecule has 0 aliphatic carbocycles. The number of aryl methyl sites for hydroxylation is 1. The van der Waals surface area contributed by atoms with Crippen LogP contribution in [0, 0.1) is 13.8 Å². The molecule has 2 aliphatic rings. The fourth-order valence-corrected chi connectivity index (χ4v) is 4.72. The number of fused-ring (bicyclic) bond motifs is 2. The van der Waals surface area contributed by atoms with Crippen LogP contribution in [0.25, 0.3) is 0 Å². The van der Waals surface area contributed by atoms with Crippen molar-refractivity contribution in [2.75, 3.05) is 18.7 Å². The molecule has 0 spiro atoms. The lowest BCUT2D eigenvalue weighted by Crippen LogP contribution is -2.25. The molecule has 8 heteroatoms. The van der Waals surface area contributed by atoms with Gasteiger partial charge in [0.25, 0.3) is 0 Å². The van der Waals surface area contributed by atoms with Gasteiger partial charge in [-0.05, 0) is 49.2 Å². The summed E-state index contributed by atoms with van der Waals surface area (Å²) < 4.78 is 18.2. The zero-order chi connectivity index (χ0) is 24.5. The number of ether oxygens (including phenoxy) is 3. The fraction of sp³-hybridized carbons (Fsp3) is 0.296. The number of hydrogen-bond donors (Lipinski definition) is 1. The van der Waals surface area contributed by atoms with Gasteiger partial charge in [0.2, 0.25) is 18.5 Å². The molecule has 0 bridgehead atoms. The van der Waals surface area contributed by atoms with E-state index in [0.29, 0.717) is 23.5 Å². The van der Waals surface area contributed by atoms with E-state index in [0.717, 1.165) is 28.3 Å². The van der Waals surface area contributed by atoms with Crippen LogP contribution in [0.3, 0.4) is 0 Å². The number of para-hydroxylation sites is 1. The molecule has 1 amide bonds. The molecule has 180 valence electrons. The number of Topliss-reactive ketones (excluding diaryl/α,β-unsaturated/α-hetero) is 1. The molecule has 1 N–H and O–H groups in total. The van der Waals surface area contributed by atoms with Crippen LogP contribution in [0.1, 0.15) is 51.6 Å². The van der Waals surface area contributed by atoms with E-state index in [1.165, 1.54) is 0 Å². The van der Waals surface area contributed by atoms with Gasteiger partial charge < -0.3 is 24.1 Å². The van der Waals surface area contributed by atoms with E-state index in [-0.39, 0.29) is 43.8 Å². The Labute approximate surface area is 202 Å². The van der Waals surface area contributed by atoms with Crippen molar-refractivity contribution in [1.82, 2.24) is 4.57 Å². The minimum Gasteiger partial charge on any atom is -0.457 e. The zero-order valence-electron chi connectivity index (χ0n) is 19.6. The molecule has 2 aromatic carbocycles. The number of nitrogens with one attached hydrogen (secondary N) is 1. The van der Waals surface area contributed by atoms with Gasteiger partial charge in [-0.15, -0.1) is 0 Å². The Balaban J connectivity index is 1.22. The molecule has 2 aliphatic heterocycles. The Bertz CT molecular complexity index is 1330. The van der Waals surface area contributed by atoms with Crippen molar-refractivity contribution in [1.29, 1.82) is 0 Å². The van der Waals surface area contributed by atoms with E-state index in [1.807, 2.05) is 66.9 Å². The summed E-state index contributed by atoms with van der Waals surface area (Å²) in [5.41, 5.74) is 4.91. The summed E-state index contributed by atoms with van der Waals surface area (Å²) >= 11 is 0. The molecule has 1 aromatic heterocycles. The molecule has 35 heavy (non-hydrogen) atoms. The van der Waals surface area contributed by atoms with Gasteiger partial charge in [-0.25, -0.2) is 0 Å². The third-order valence-corrected chi connectivity index (χ3v) is 6.54. The Kier molecular flexibility index (Phi) is 6.03. The predicted octanol–water partition coefficient (Wildman–Crippen LogP) is 4.12. The van der Waals surface area contributed by atoms with E-state index >= 15 is 0 Å². The highest BCUT2D eigenvalue weighted by Crippen LogP contribution is 2.35. The molecule has 1 unspecified atom stereocenters. The van der Waals surface area contributed by atoms with Crippen LogP contribution in [-0.2, 0) is 20.9 Å². The number of rotatable bonds is 7. The number of aromatic nitrogens is 1. The lowest BCUT2D eigenvalue weighted by Gasteiger charge is -2.24. The maximum atomic E-state index is 12.9. The Morgan fingerprint density at radius 1 is 1.09 bits per heavy atom. The van der Waals surface area contributed by atoms with Gasteiger partial charge in [0.05, 0.1) is 6.42 Å². The maximum absolute atomic E-state index is 12.9. The molecule has 3 aromatic rings. The molecule has 0 saturated carbocycles. The number of esters is 1. The standard InChI is InChI=1S/C27H26N2O6/c1-16-9-21(17(2)29(16)13-18-7-8-24-25(10-18)35-15-34-24)23(30)14-33-27(32)12-19-11-26(31)28-22-6-4-3-5-20(19)22/h3-10,19H,11-15H2,1-2H3,(H,28,31). The summed E-state index contributed by atoms with van der Waals surface area (Å²) in [6, 6.07) is 15.0. The van der Waals surface area contributed by atoms with E-state index in [9.17, 15) is 14.4 Å². The summed E-state index contributed by atoms with van der Waals surface area (Å²) in [7, 11) is 0. The van der Waals surface area contributed by atoms with E-state index in [1.54, 1.807) is 0 Å². The third-order valence-electron chi connectivity index (χ3n) is 6.54. The number of amides is 1. The van der Waals surface area contributed by atoms with Crippen LogP contribution in [0.4, 0.5) is 5.69 Å². The zero-order valence-corrected chi connectivity index (χ0v) is 19.6. The molecular formula is C27H26N2O6. The second kappa shape index (κ2) is 9.29. The summed E-state index contributed by atoms with van der Waals surface area (Å²) in [5.74, 6) is 0.282. The second-order valence-electron chi connectivity index (χ2n) is 8.88. The highest BCUT2D eigenvalue weighted by Gasteiger charge is 2.28. The van der Waals surface area contributed by atoms with Crippen LogP contribution in [0.15, 0.2) is 48.5 Å². The van der Waals surface area contributed by atoms with Crippen molar-refractivity contribution < 1.29 is 28.6 Å². The SMILES string of the molecule is Cc1cc(C(=O)COC(=O)CC2CC(=O)Nc3ccccc32)c(C)n1Cc1ccc2c(c1)OCO2. The average molecular weight is 475 g/mol. The number of nitrogens with zero attached hydrogens (tertiary/aromatic N) is 1. The average Bonchev–Trinajstić information content (AvgIpc) is 3.42. The van der Waals surface area contributed by atoms with Crippen LogP contribution < -0.4 is 14.8 Å². The van der Waals surface area contributed by atoms with Gasteiger partial charge in [-0.2, -0.15) is 0 Å². The van der Waals surface area contributed by atoms with Crippen molar-refractivity contribution in [2.45, 2.75) is 39.2 Å². The number of hydrogen-bond acceptors (Lipinski definition) is 6. The quantitative estimate of drug-likeness (QED) is 0.409. The van der Waals surface area contributed by atoms with Crippen molar-refractivity contribution in [3.63, 3.8) is 0 Å². The Hall–Kier alpha value is -4.07. The van der Waals surface area contributed by atoms with Crippen LogP contribution >= 0.6 is 0 Å². The molecule has 3 heterocycles. The lowest BCUT2D eigenvalue weighted by molar-refractivity contribution is -0.143. The second-order valence-corrected chi connectivity index (χ2v) is 8.88. The first-order valence-electron chi connectivity index (χ1n) is 11.5. The van der Waals surface area contributed by atoms with Crippen molar-refractivity contribution in [2.24, 2.45) is 0 Å². The molecule has 0 radical (unpaired) electrons. The lowest BCUT2D eigenvalue weighted by atomic mass is 9.88. The minimum atomic E-state index is -0.498. The van der Waals surface area contributed by atoms with Crippen molar-refractivity contribution in [3.8, 4) is 11.5 Å². The minimum absolute atomic E-state index is 0.0425. The summed E-state index contributed by atoms with van der Waals surface area (Å²) in [6.45, 7) is 4.28. The van der Waals surface area contributed by atoms with Gasteiger partial charge >= 0.3 is 5.97 Å². The molecule has 1 atom stereocenters. The highest BCUT2D eigenvalue weighted by atomic mass is 16.7. The van der Waals surface area contributed by atoms with E-state index in [2.05, 4.69) is 5.32 Å². The van der Waals surface area contributed by atoms with Crippen LogP contribution in [0.5, 0.6) is 11.5 Å². The van der Waals surface area contributed by atoms with Gasteiger partial charge in [0.1, 0.15) is 0 Å². The first-order valence-corrected chi connectivity index (χ1v) is 11.5. The fourth-order valence-electron chi connectivity index (χ4n) is 4.72. The van der Waals surface area contributed by atoms with Crippen molar-refractivity contribution >= 4 is 23.3 Å². The number of benzene rings is 2. The highest BCUT2D eigenvalue weighted by molar-refractivity contribution is 5.99. The van der Waals surface area contributed by atoms with Crippen molar-refractivity contribution in [3.05, 3.63) is 76.6 Å². The molecule has 0 saturated heterocycles. The number of carbonyl (C=O) groups excluding carboxylic acids is 3. The Morgan fingerprint density at radius 2 is 1.89 bits per heavy atom. The third kappa shape index (κ3) is 4.64. The molecular weight excluding hydrogens is 448 g/mol. The van der Waals surface area contributed by atoms with Crippen LogP contribution in [-0.4, -0.2) is 35.6 Å². The van der Waals surface area contributed by atoms with Gasteiger partial charge in [-0.1, -0.05) is 24.3 Å². The summed E-state index contributed by atoms with van der Waals surface area (Å²) in [4.78, 5) is 37.4. The Morgan fingerprint density at radius 3 is 2.74 bits per heavy atom. The maximum Gasteiger partial charge on any atom is 0.306 e.